The molecule has 0 heterocycles. The molecule has 2 aromatic carbocycles. The lowest BCUT2D eigenvalue weighted by Gasteiger charge is -2.21. The van der Waals surface area contributed by atoms with Crippen molar-refractivity contribution in [1.29, 1.82) is 0 Å². The Hall–Kier alpha value is -1.85. The summed E-state index contributed by atoms with van der Waals surface area (Å²) in [7, 11) is -1.83. The molecule has 0 amide bonds. The van der Waals surface area contributed by atoms with Crippen molar-refractivity contribution in [3.63, 3.8) is 0 Å². The van der Waals surface area contributed by atoms with Crippen molar-refractivity contribution in [2.75, 3.05) is 7.11 Å². The Bertz CT molecular complexity index is 783. The fraction of sp³-hybridized carbons (Fsp3) is 0.400. The molecule has 0 radical (unpaired) electrons. The maximum atomic E-state index is 12.7. The van der Waals surface area contributed by atoms with Crippen LogP contribution in [0, 0.1) is 12.8 Å². The van der Waals surface area contributed by atoms with Crippen LogP contribution in [-0.2, 0) is 15.8 Å². The number of sulfonamides is 1. The third kappa shape index (κ3) is 6.18. The molecule has 0 aliphatic heterocycles. The van der Waals surface area contributed by atoms with Gasteiger partial charge in [-0.05, 0) is 42.5 Å². The Morgan fingerprint density at radius 3 is 2.32 bits per heavy atom. The minimum atomic E-state index is -3.44. The van der Waals surface area contributed by atoms with Gasteiger partial charge >= 0.3 is 0 Å². The van der Waals surface area contributed by atoms with E-state index in [0.717, 1.165) is 28.9 Å². The minimum absolute atomic E-state index is 0.0145. The summed E-state index contributed by atoms with van der Waals surface area (Å²) in [5, 5.41) is 0. The first-order valence-corrected chi connectivity index (χ1v) is 10.1. The van der Waals surface area contributed by atoms with Gasteiger partial charge in [-0.2, -0.15) is 0 Å². The predicted octanol–water partition coefficient (Wildman–Crippen LogP) is 4.21. The zero-order valence-electron chi connectivity index (χ0n) is 15.3. The van der Waals surface area contributed by atoms with E-state index in [9.17, 15) is 8.42 Å². The number of hydrogen-bond donors (Lipinski definition) is 1. The molecule has 0 saturated carbocycles. The molecular weight excluding hydrogens is 334 g/mol. The molecule has 1 atom stereocenters. The van der Waals surface area contributed by atoms with Gasteiger partial charge < -0.3 is 4.74 Å². The second-order valence-corrected chi connectivity index (χ2v) is 8.58. The molecule has 0 aliphatic rings. The molecule has 2 aromatic rings. The highest BCUT2D eigenvalue weighted by Gasteiger charge is 2.21. The fourth-order valence-electron chi connectivity index (χ4n) is 2.84. The lowest BCUT2D eigenvalue weighted by atomic mass is 9.98. The van der Waals surface area contributed by atoms with E-state index >= 15 is 0 Å². The van der Waals surface area contributed by atoms with Gasteiger partial charge in [-0.3, -0.25) is 0 Å². The molecule has 0 saturated heterocycles. The molecule has 0 unspecified atom stereocenters. The van der Waals surface area contributed by atoms with Gasteiger partial charge in [0, 0.05) is 6.04 Å². The summed E-state index contributed by atoms with van der Waals surface area (Å²) >= 11 is 0. The van der Waals surface area contributed by atoms with Crippen molar-refractivity contribution in [1.82, 2.24) is 4.72 Å². The van der Waals surface area contributed by atoms with Gasteiger partial charge in [0.1, 0.15) is 5.75 Å². The van der Waals surface area contributed by atoms with Crippen LogP contribution in [0.4, 0.5) is 0 Å². The maximum Gasteiger partial charge on any atom is 0.216 e. The van der Waals surface area contributed by atoms with Crippen LogP contribution in [0.15, 0.2) is 48.5 Å². The number of benzene rings is 2. The molecule has 5 heteroatoms. The number of hydrogen-bond acceptors (Lipinski definition) is 3. The van der Waals surface area contributed by atoms with Crippen LogP contribution in [0.2, 0.25) is 0 Å². The molecule has 0 aliphatic carbocycles. The third-order valence-corrected chi connectivity index (χ3v) is 5.34. The van der Waals surface area contributed by atoms with Crippen LogP contribution in [0.25, 0.3) is 0 Å². The quantitative estimate of drug-likeness (QED) is 0.766. The molecule has 4 nitrogen and oxygen atoms in total. The summed E-state index contributed by atoms with van der Waals surface area (Å²) in [5.41, 5.74) is 2.80. The van der Waals surface area contributed by atoms with Gasteiger partial charge in [-0.1, -0.05) is 55.8 Å². The van der Waals surface area contributed by atoms with E-state index in [1.54, 1.807) is 7.11 Å². The number of ether oxygens (including phenoxy) is 1. The van der Waals surface area contributed by atoms with Crippen molar-refractivity contribution in [3.8, 4) is 5.75 Å². The van der Waals surface area contributed by atoms with Gasteiger partial charge in [0.2, 0.25) is 10.0 Å². The Morgan fingerprint density at radius 2 is 1.76 bits per heavy atom. The Balaban J connectivity index is 2.19. The molecule has 1 N–H and O–H groups in total. The molecule has 0 bridgehead atoms. The topological polar surface area (TPSA) is 55.4 Å². The van der Waals surface area contributed by atoms with Crippen molar-refractivity contribution >= 4 is 10.0 Å². The summed E-state index contributed by atoms with van der Waals surface area (Å²) in [6.07, 6.45) is 0.735. The summed E-state index contributed by atoms with van der Waals surface area (Å²) in [6, 6.07) is 14.9. The summed E-state index contributed by atoms with van der Waals surface area (Å²) < 4.78 is 33.4. The first-order chi connectivity index (χ1) is 11.8. The Kier molecular flexibility index (Phi) is 6.62. The normalized spacial score (nSPS) is 13.0. The first-order valence-electron chi connectivity index (χ1n) is 8.48. The predicted molar refractivity (Wildman–Crippen MR) is 102 cm³/mol. The fourth-order valence-corrected chi connectivity index (χ4v) is 4.21. The van der Waals surface area contributed by atoms with Crippen LogP contribution >= 0.6 is 0 Å². The summed E-state index contributed by atoms with van der Waals surface area (Å²) in [6.45, 7) is 6.14. The largest absolute Gasteiger partial charge is 0.497 e. The van der Waals surface area contributed by atoms with E-state index in [2.05, 4.69) is 18.6 Å². The van der Waals surface area contributed by atoms with Crippen LogP contribution in [0.5, 0.6) is 5.75 Å². The third-order valence-electron chi connectivity index (χ3n) is 3.99. The van der Waals surface area contributed by atoms with E-state index in [1.165, 1.54) is 0 Å². The van der Waals surface area contributed by atoms with Crippen molar-refractivity contribution in [2.45, 2.75) is 39.0 Å². The van der Waals surface area contributed by atoms with Crippen LogP contribution in [0.3, 0.4) is 0 Å². The smallest absolute Gasteiger partial charge is 0.216 e. The summed E-state index contributed by atoms with van der Waals surface area (Å²) in [4.78, 5) is 0. The molecule has 0 aromatic heterocycles. The average Bonchev–Trinajstić information content (AvgIpc) is 2.53. The highest BCUT2D eigenvalue weighted by molar-refractivity contribution is 7.88. The lowest BCUT2D eigenvalue weighted by molar-refractivity contribution is 0.414. The number of rotatable bonds is 8. The Labute approximate surface area is 151 Å². The second kappa shape index (κ2) is 8.50. The van der Waals surface area contributed by atoms with Crippen LogP contribution < -0.4 is 9.46 Å². The highest BCUT2D eigenvalue weighted by atomic mass is 32.2. The SMILES string of the molecule is COc1ccc([C@H](CC(C)C)NS(=O)(=O)Cc2cccc(C)c2)cc1. The average molecular weight is 362 g/mol. The van der Waals surface area contributed by atoms with E-state index in [-0.39, 0.29) is 11.8 Å². The zero-order valence-corrected chi connectivity index (χ0v) is 16.1. The van der Waals surface area contributed by atoms with Crippen molar-refractivity contribution < 1.29 is 13.2 Å². The van der Waals surface area contributed by atoms with Crippen LogP contribution in [0.1, 0.15) is 43.0 Å². The number of nitrogens with one attached hydrogen (secondary N) is 1. The lowest BCUT2D eigenvalue weighted by Crippen LogP contribution is -2.30. The van der Waals surface area contributed by atoms with Gasteiger partial charge in [0.15, 0.2) is 0 Å². The van der Waals surface area contributed by atoms with E-state index in [0.29, 0.717) is 5.92 Å². The van der Waals surface area contributed by atoms with Crippen LogP contribution in [-0.4, -0.2) is 15.5 Å². The molecule has 2 rings (SSSR count). The molecule has 136 valence electrons. The maximum absolute atomic E-state index is 12.7. The molecule has 0 spiro atoms. The highest BCUT2D eigenvalue weighted by Crippen LogP contribution is 2.25. The summed E-state index contributed by atoms with van der Waals surface area (Å²) in [5.74, 6) is 1.11. The zero-order chi connectivity index (χ0) is 18.4. The van der Waals surface area contributed by atoms with Crippen molar-refractivity contribution in [3.05, 3.63) is 65.2 Å². The van der Waals surface area contributed by atoms with Gasteiger partial charge in [-0.15, -0.1) is 0 Å². The molecule has 25 heavy (non-hydrogen) atoms. The standard InChI is InChI=1S/C20H27NO3S/c1-15(2)12-20(18-8-10-19(24-4)11-9-18)21-25(22,23)14-17-7-5-6-16(3)13-17/h5-11,13,15,20-21H,12,14H2,1-4H3/t20-/m0/s1. The monoisotopic (exact) mass is 361 g/mol. The number of aryl methyl sites for hydroxylation is 1. The van der Waals surface area contributed by atoms with Gasteiger partial charge in [-0.25, -0.2) is 13.1 Å². The minimum Gasteiger partial charge on any atom is -0.497 e. The van der Waals surface area contributed by atoms with E-state index in [1.807, 2.05) is 55.5 Å². The number of methoxy groups -OCH3 is 1. The van der Waals surface area contributed by atoms with E-state index in [4.69, 9.17) is 4.74 Å². The molecule has 0 fully saturated rings. The van der Waals surface area contributed by atoms with Gasteiger partial charge in [0.25, 0.3) is 0 Å². The first kappa shape index (κ1) is 19.5. The second-order valence-electron chi connectivity index (χ2n) is 6.82. The van der Waals surface area contributed by atoms with Crippen molar-refractivity contribution in [2.24, 2.45) is 5.92 Å². The molecular formula is C20H27NO3S. The van der Waals surface area contributed by atoms with E-state index < -0.39 is 10.0 Å². The van der Waals surface area contributed by atoms with Gasteiger partial charge in [0.05, 0.1) is 12.9 Å². The Morgan fingerprint density at radius 1 is 1.08 bits per heavy atom.